The van der Waals surface area contributed by atoms with E-state index in [1.807, 2.05) is 6.92 Å². The zero-order chi connectivity index (χ0) is 15.2. The molecule has 1 fully saturated rings. The van der Waals surface area contributed by atoms with Crippen molar-refractivity contribution in [1.82, 2.24) is 4.90 Å². The molecule has 0 bridgehead atoms. The molecule has 1 aliphatic heterocycles. The third kappa shape index (κ3) is 4.43. The molecular weight excluding hydrogens is 266 g/mol. The first-order chi connectivity index (χ1) is 10.1. The van der Waals surface area contributed by atoms with E-state index in [1.54, 1.807) is 18.2 Å². The van der Waals surface area contributed by atoms with Gasteiger partial charge in [-0.05, 0) is 45.2 Å². The van der Waals surface area contributed by atoms with Gasteiger partial charge in [0.05, 0.1) is 4.92 Å². The summed E-state index contributed by atoms with van der Waals surface area (Å²) in [5.74, 6) is 0. The van der Waals surface area contributed by atoms with Crippen molar-refractivity contribution in [2.75, 3.05) is 25.0 Å². The molecule has 0 aliphatic carbocycles. The summed E-state index contributed by atoms with van der Waals surface area (Å²) >= 11 is 0. The van der Waals surface area contributed by atoms with Crippen LogP contribution in [-0.2, 0) is 0 Å². The number of hydrogen-bond donors (Lipinski definition) is 1. The van der Waals surface area contributed by atoms with Crippen LogP contribution in [0.1, 0.15) is 38.2 Å². The summed E-state index contributed by atoms with van der Waals surface area (Å²) < 4.78 is 0. The third-order valence-electron chi connectivity index (χ3n) is 4.31. The summed E-state index contributed by atoms with van der Waals surface area (Å²) in [6, 6.07) is 5.67. The number of nitro benzene ring substituents is 1. The highest BCUT2D eigenvalue weighted by molar-refractivity contribution is 5.56. The van der Waals surface area contributed by atoms with Crippen LogP contribution in [0.3, 0.4) is 0 Å². The Kier molecular flexibility index (Phi) is 5.56. The van der Waals surface area contributed by atoms with Gasteiger partial charge in [-0.2, -0.15) is 0 Å². The highest BCUT2D eigenvalue weighted by Gasteiger charge is 2.17. The maximum atomic E-state index is 10.8. The standard InChI is InChI=1S/C16H25N3O2/c1-13-7-8-15(19(20)21)12-16(13)17-9-5-11-18-10-4-3-6-14(18)2/h7-8,12,14,17H,3-6,9-11H2,1-2H3. The first-order valence-electron chi connectivity index (χ1n) is 7.81. The van der Waals surface area contributed by atoms with Gasteiger partial charge in [-0.3, -0.25) is 10.1 Å². The van der Waals surface area contributed by atoms with Crippen LogP contribution in [0.4, 0.5) is 11.4 Å². The molecule has 0 aromatic heterocycles. The monoisotopic (exact) mass is 291 g/mol. The van der Waals surface area contributed by atoms with Gasteiger partial charge in [-0.1, -0.05) is 12.5 Å². The molecule has 21 heavy (non-hydrogen) atoms. The summed E-state index contributed by atoms with van der Waals surface area (Å²) in [6.45, 7) is 7.43. The number of likely N-dealkylation sites (tertiary alicyclic amines) is 1. The normalized spacial score (nSPS) is 19.4. The van der Waals surface area contributed by atoms with Crippen LogP contribution < -0.4 is 5.32 Å². The fourth-order valence-corrected chi connectivity index (χ4v) is 2.91. The summed E-state index contributed by atoms with van der Waals surface area (Å²) in [5, 5.41) is 14.1. The topological polar surface area (TPSA) is 58.4 Å². The van der Waals surface area contributed by atoms with Crippen LogP contribution in [0, 0.1) is 17.0 Å². The summed E-state index contributed by atoms with van der Waals surface area (Å²) in [4.78, 5) is 13.0. The Morgan fingerprint density at radius 2 is 2.24 bits per heavy atom. The quantitative estimate of drug-likeness (QED) is 0.494. The molecule has 1 heterocycles. The van der Waals surface area contributed by atoms with Gasteiger partial charge < -0.3 is 10.2 Å². The molecule has 5 heteroatoms. The van der Waals surface area contributed by atoms with E-state index in [0.717, 1.165) is 30.8 Å². The lowest BCUT2D eigenvalue weighted by Crippen LogP contribution is -2.38. The van der Waals surface area contributed by atoms with Gasteiger partial charge in [0.25, 0.3) is 5.69 Å². The highest BCUT2D eigenvalue weighted by Crippen LogP contribution is 2.22. The number of hydrogen-bond acceptors (Lipinski definition) is 4. The van der Waals surface area contributed by atoms with Crippen molar-refractivity contribution < 1.29 is 4.92 Å². The second-order valence-electron chi connectivity index (χ2n) is 5.92. The fourth-order valence-electron chi connectivity index (χ4n) is 2.91. The Labute approximate surface area is 126 Å². The number of piperidine rings is 1. The van der Waals surface area contributed by atoms with Crippen LogP contribution in [0.5, 0.6) is 0 Å². The second-order valence-corrected chi connectivity index (χ2v) is 5.92. The molecule has 1 aliphatic rings. The lowest BCUT2D eigenvalue weighted by molar-refractivity contribution is -0.384. The number of nitro groups is 1. The maximum absolute atomic E-state index is 10.8. The fraction of sp³-hybridized carbons (Fsp3) is 0.625. The van der Waals surface area contributed by atoms with Gasteiger partial charge in [0.2, 0.25) is 0 Å². The average Bonchev–Trinajstić information content (AvgIpc) is 2.46. The van der Waals surface area contributed by atoms with E-state index in [2.05, 4.69) is 17.1 Å². The van der Waals surface area contributed by atoms with Gasteiger partial charge in [0.15, 0.2) is 0 Å². The van der Waals surface area contributed by atoms with E-state index in [9.17, 15) is 10.1 Å². The van der Waals surface area contributed by atoms with Crippen molar-refractivity contribution in [2.24, 2.45) is 0 Å². The summed E-state index contributed by atoms with van der Waals surface area (Å²) in [5.41, 5.74) is 2.07. The molecule has 2 rings (SSSR count). The molecule has 1 saturated heterocycles. The number of aryl methyl sites for hydroxylation is 1. The number of non-ortho nitro benzene ring substituents is 1. The molecule has 0 amide bonds. The van der Waals surface area contributed by atoms with E-state index in [1.165, 1.54) is 25.8 Å². The Hall–Kier alpha value is -1.62. The smallest absolute Gasteiger partial charge is 0.271 e. The van der Waals surface area contributed by atoms with Crippen LogP contribution in [0.15, 0.2) is 18.2 Å². The molecule has 0 spiro atoms. The zero-order valence-electron chi connectivity index (χ0n) is 13.0. The molecule has 1 N–H and O–H groups in total. The minimum absolute atomic E-state index is 0.146. The van der Waals surface area contributed by atoms with Crippen molar-refractivity contribution in [3.05, 3.63) is 33.9 Å². The molecule has 5 nitrogen and oxygen atoms in total. The van der Waals surface area contributed by atoms with E-state index in [0.29, 0.717) is 6.04 Å². The predicted octanol–water partition coefficient (Wildman–Crippen LogP) is 3.58. The zero-order valence-corrected chi connectivity index (χ0v) is 13.0. The second kappa shape index (κ2) is 7.41. The Bertz CT molecular complexity index is 490. The largest absolute Gasteiger partial charge is 0.385 e. The molecule has 116 valence electrons. The molecule has 0 saturated carbocycles. The van der Waals surface area contributed by atoms with Crippen molar-refractivity contribution >= 4 is 11.4 Å². The van der Waals surface area contributed by atoms with Crippen molar-refractivity contribution in [3.63, 3.8) is 0 Å². The van der Waals surface area contributed by atoms with E-state index >= 15 is 0 Å². The van der Waals surface area contributed by atoms with Crippen molar-refractivity contribution in [2.45, 2.75) is 45.6 Å². The average molecular weight is 291 g/mol. The summed E-state index contributed by atoms with van der Waals surface area (Å²) in [6.07, 6.45) is 5.02. The number of nitrogens with zero attached hydrogens (tertiary/aromatic N) is 2. The van der Waals surface area contributed by atoms with Crippen LogP contribution in [0.2, 0.25) is 0 Å². The van der Waals surface area contributed by atoms with Crippen LogP contribution in [-0.4, -0.2) is 35.5 Å². The maximum Gasteiger partial charge on any atom is 0.271 e. The number of benzene rings is 1. The van der Waals surface area contributed by atoms with Crippen LogP contribution in [0.25, 0.3) is 0 Å². The number of anilines is 1. The minimum Gasteiger partial charge on any atom is -0.385 e. The number of rotatable bonds is 6. The first-order valence-corrected chi connectivity index (χ1v) is 7.81. The van der Waals surface area contributed by atoms with Gasteiger partial charge in [0.1, 0.15) is 0 Å². The van der Waals surface area contributed by atoms with Crippen molar-refractivity contribution in [1.29, 1.82) is 0 Å². The molecule has 1 aromatic rings. The number of nitrogens with one attached hydrogen (secondary N) is 1. The molecular formula is C16H25N3O2. The summed E-state index contributed by atoms with van der Waals surface area (Å²) in [7, 11) is 0. The lowest BCUT2D eigenvalue weighted by Gasteiger charge is -2.33. The SMILES string of the molecule is Cc1ccc([N+](=O)[O-])cc1NCCCN1CCCCC1C. The van der Waals surface area contributed by atoms with E-state index in [4.69, 9.17) is 0 Å². The van der Waals surface area contributed by atoms with E-state index < -0.39 is 0 Å². The van der Waals surface area contributed by atoms with Gasteiger partial charge >= 0.3 is 0 Å². The highest BCUT2D eigenvalue weighted by atomic mass is 16.6. The van der Waals surface area contributed by atoms with Crippen LogP contribution >= 0.6 is 0 Å². The lowest BCUT2D eigenvalue weighted by atomic mass is 10.0. The molecule has 1 unspecified atom stereocenters. The Balaban J connectivity index is 1.80. The van der Waals surface area contributed by atoms with Crippen molar-refractivity contribution in [3.8, 4) is 0 Å². The Morgan fingerprint density at radius 3 is 2.95 bits per heavy atom. The third-order valence-corrected chi connectivity index (χ3v) is 4.31. The minimum atomic E-state index is -0.347. The molecule has 0 radical (unpaired) electrons. The van der Waals surface area contributed by atoms with Gasteiger partial charge in [-0.25, -0.2) is 0 Å². The van der Waals surface area contributed by atoms with E-state index in [-0.39, 0.29) is 10.6 Å². The predicted molar refractivity (Wildman–Crippen MR) is 85.8 cm³/mol. The van der Waals surface area contributed by atoms with Gasteiger partial charge in [-0.15, -0.1) is 0 Å². The van der Waals surface area contributed by atoms with Gasteiger partial charge in [0, 0.05) is 37.0 Å². The molecule has 1 atom stereocenters. The first kappa shape index (κ1) is 15.8. The molecule has 1 aromatic carbocycles. The Morgan fingerprint density at radius 1 is 1.43 bits per heavy atom.